The van der Waals surface area contributed by atoms with Gasteiger partial charge in [-0.3, -0.25) is 4.79 Å². The number of ether oxygens (including phenoxy) is 2. The van der Waals surface area contributed by atoms with Crippen LogP contribution >= 0.6 is 0 Å². The van der Waals surface area contributed by atoms with E-state index in [1.54, 1.807) is 19.0 Å². The minimum Gasteiger partial charge on any atom is -0.440 e. The molecule has 1 amide bonds. The molecule has 6 nitrogen and oxygen atoms in total. The molecule has 1 unspecified atom stereocenters. The predicted molar refractivity (Wildman–Crippen MR) is 107 cm³/mol. The van der Waals surface area contributed by atoms with E-state index >= 15 is 0 Å². The summed E-state index contributed by atoms with van der Waals surface area (Å²) in [6.07, 6.45) is 4.13. The quantitative estimate of drug-likeness (QED) is 0.882. The highest BCUT2D eigenvalue weighted by molar-refractivity contribution is 5.96. The SMILES string of the molecule is CC=C1C=C(N2CCOCC2)Oc2c1cc(C(=O)N(C)C)cc2C(C)NC. The number of carbonyl (C=O) groups is 1. The molecule has 0 radical (unpaired) electrons. The number of amides is 1. The van der Waals surface area contributed by atoms with Crippen LogP contribution in [0.5, 0.6) is 5.75 Å². The normalized spacial score (nSPS) is 19.2. The van der Waals surface area contributed by atoms with Crippen molar-refractivity contribution in [3.63, 3.8) is 0 Å². The van der Waals surface area contributed by atoms with Gasteiger partial charge in [0.2, 0.25) is 0 Å². The Morgan fingerprint density at radius 2 is 2.00 bits per heavy atom. The van der Waals surface area contributed by atoms with E-state index in [-0.39, 0.29) is 11.9 Å². The Kier molecular flexibility index (Phi) is 5.87. The van der Waals surface area contributed by atoms with Gasteiger partial charge in [0.25, 0.3) is 5.91 Å². The maximum absolute atomic E-state index is 12.6. The van der Waals surface area contributed by atoms with E-state index in [9.17, 15) is 4.79 Å². The standard InChI is InChI=1S/C21H29N3O3/c1-6-15-13-19(24-7-9-26-10-8-24)27-20-17(14(2)22-3)11-16(12-18(15)20)21(25)23(4)5/h6,11-14,22H,7-10H2,1-5H3. The number of fused-ring (bicyclic) bond motifs is 1. The molecule has 1 saturated heterocycles. The van der Waals surface area contributed by atoms with Crippen LogP contribution in [0.25, 0.3) is 5.57 Å². The first-order valence-electron chi connectivity index (χ1n) is 9.42. The molecule has 2 heterocycles. The van der Waals surface area contributed by atoms with Crippen LogP contribution in [-0.4, -0.2) is 63.2 Å². The number of carbonyl (C=O) groups excluding carboxylic acids is 1. The smallest absolute Gasteiger partial charge is 0.253 e. The Bertz CT molecular complexity index is 777. The van der Waals surface area contributed by atoms with Gasteiger partial charge in [-0.15, -0.1) is 0 Å². The molecular formula is C21H29N3O3. The van der Waals surface area contributed by atoms with E-state index in [0.29, 0.717) is 18.8 Å². The van der Waals surface area contributed by atoms with Crippen molar-refractivity contribution in [1.29, 1.82) is 0 Å². The highest BCUT2D eigenvalue weighted by Crippen LogP contribution is 2.41. The molecule has 2 aliphatic rings. The monoisotopic (exact) mass is 371 g/mol. The van der Waals surface area contributed by atoms with Crippen LogP contribution in [0.2, 0.25) is 0 Å². The van der Waals surface area contributed by atoms with Gasteiger partial charge in [0.1, 0.15) is 5.75 Å². The van der Waals surface area contributed by atoms with E-state index in [4.69, 9.17) is 9.47 Å². The fraction of sp³-hybridized carbons (Fsp3) is 0.476. The lowest BCUT2D eigenvalue weighted by atomic mass is 9.93. The van der Waals surface area contributed by atoms with Gasteiger partial charge in [-0.2, -0.15) is 0 Å². The maximum Gasteiger partial charge on any atom is 0.253 e. The van der Waals surface area contributed by atoms with Crippen LogP contribution in [0.15, 0.2) is 30.2 Å². The minimum atomic E-state index is -0.0132. The Morgan fingerprint density at radius 3 is 2.59 bits per heavy atom. The lowest BCUT2D eigenvalue weighted by Gasteiger charge is -2.34. The second-order valence-electron chi connectivity index (χ2n) is 7.08. The van der Waals surface area contributed by atoms with Crippen LogP contribution < -0.4 is 10.1 Å². The van der Waals surface area contributed by atoms with Crippen molar-refractivity contribution in [1.82, 2.24) is 15.1 Å². The number of nitrogens with one attached hydrogen (secondary N) is 1. The van der Waals surface area contributed by atoms with Gasteiger partial charge in [0, 0.05) is 56.0 Å². The Labute approximate surface area is 161 Å². The summed E-state index contributed by atoms with van der Waals surface area (Å²) in [6, 6.07) is 3.93. The zero-order valence-corrected chi connectivity index (χ0v) is 16.8. The molecule has 0 spiro atoms. The minimum absolute atomic E-state index is 0.0132. The molecule has 146 valence electrons. The fourth-order valence-electron chi connectivity index (χ4n) is 3.36. The Morgan fingerprint density at radius 1 is 1.30 bits per heavy atom. The molecule has 2 aliphatic heterocycles. The maximum atomic E-state index is 12.6. The van der Waals surface area contributed by atoms with Crippen molar-refractivity contribution in [2.75, 3.05) is 47.4 Å². The Balaban J connectivity index is 2.10. The summed E-state index contributed by atoms with van der Waals surface area (Å²) in [6.45, 7) is 7.12. The highest BCUT2D eigenvalue weighted by Gasteiger charge is 2.27. The molecular weight excluding hydrogens is 342 g/mol. The number of rotatable bonds is 4. The second-order valence-corrected chi connectivity index (χ2v) is 7.08. The lowest BCUT2D eigenvalue weighted by Crippen LogP contribution is -2.38. The van der Waals surface area contributed by atoms with Crippen LogP contribution in [-0.2, 0) is 4.74 Å². The van der Waals surface area contributed by atoms with Gasteiger partial charge in [0.15, 0.2) is 5.88 Å². The molecule has 0 aromatic heterocycles. The van der Waals surface area contributed by atoms with Gasteiger partial charge in [-0.05, 0) is 38.6 Å². The molecule has 1 aromatic rings. The highest BCUT2D eigenvalue weighted by atomic mass is 16.5. The zero-order valence-electron chi connectivity index (χ0n) is 16.8. The molecule has 6 heteroatoms. The van der Waals surface area contributed by atoms with Gasteiger partial charge >= 0.3 is 0 Å². The van der Waals surface area contributed by atoms with Gasteiger partial charge < -0.3 is 24.6 Å². The first-order chi connectivity index (χ1) is 13.0. The van der Waals surface area contributed by atoms with E-state index < -0.39 is 0 Å². The first-order valence-corrected chi connectivity index (χ1v) is 9.42. The third-order valence-electron chi connectivity index (χ3n) is 5.10. The van der Waals surface area contributed by atoms with Crippen LogP contribution in [0.4, 0.5) is 0 Å². The summed E-state index contributed by atoms with van der Waals surface area (Å²) in [4.78, 5) is 16.4. The number of benzene rings is 1. The third kappa shape index (κ3) is 3.87. The molecule has 1 N–H and O–H groups in total. The van der Waals surface area contributed by atoms with Crippen LogP contribution in [0.1, 0.15) is 41.4 Å². The van der Waals surface area contributed by atoms with Crippen molar-refractivity contribution in [2.45, 2.75) is 19.9 Å². The van der Waals surface area contributed by atoms with E-state index in [1.807, 2.05) is 26.1 Å². The lowest BCUT2D eigenvalue weighted by molar-refractivity contribution is 0.0345. The van der Waals surface area contributed by atoms with Crippen molar-refractivity contribution in [3.05, 3.63) is 46.9 Å². The van der Waals surface area contributed by atoms with Crippen molar-refractivity contribution >= 4 is 11.5 Å². The van der Waals surface area contributed by atoms with E-state index in [2.05, 4.69) is 29.3 Å². The number of nitrogens with zero attached hydrogens (tertiary/aromatic N) is 2. The molecule has 3 rings (SSSR count). The van der Waals surface area contributed by atoms with Crippen LogP contribution in [0.3, 0.4) is 0 Å². The average Bonchev–Trinajstić information content (AvgIpc) is 2.71. The molecule has 1 atom stereocenters. The molecule has 0 saturated carbocycles. The molecule has 1 aromatic carbocycles. The zero-order chi connectivity index (χ0) is 19.6. The summed E-state index contributed by atoms with van der Waals surface area (Å²) in [7, 11) is 5.45. The van der Waals surface area contributed by atoms with Crippen molar-refractivity contribution in [3.8, 4) is 5.75 Å². The topological polar surface area (TPSA) is 54.0 Å². The fourth-order valence-corrected chi connectivity index (χ4v) is 3.36. The molecule has 1 fully saturated rings. The largest absolute Gasteiger partial charge is 0.440 e. The average molecular weight is 371 g/mol. The van der Waals surface area contributed by atoms with Crippen molar-refractivity contribution in [2.24, 2.45) is 0 Å². The van der Waals surface area contributed by atoms with Gasteiger partial charge in [-0.1, -0.05) is 6.08 Å². The number of allylic oxidation sites excluding steroid dienone is 3. The molecule has 0 aliphatic carbocycles. The van der Waals surface area contributed by atoms with E-state index in [0.717, 1.165) is 41.4 Å². The summed E-state index contributed by atoms with van der Waals surface area (Å²) < 4.78 is 11.8. The van der Waals surface area contributed by atoms with E-state index in [1.165, 1.54) is 0 Å². The second kappa shape index (κ2) is 8.15. The third-order valence-corrected chi connectivity index (χ3v) is 5.10. The summed E-state index contributed by atoms with van der Waals surface area (Å²) in [5.41, 5.74) is 3.68. The van der Waals surface area contributed by atoms with Gasteiger partial charge in [0.05, 0.1) is 13.2 Å². The van der Waals surface area contributed by atoms with Gasteiger partial charge in [-0.25, -0.2) is 0 Å². The summed E-state index contributed by atoms with van der Waals surface area (Å²) in [5.74, 6) is 1.65. The summed E-state index contributed by atoms with van der Waals surface area (Å²) >= 11 is 0. The first kappa shape index (κ1) is 19.5. The predicted octanol–water partition coefficient (Wildman–Crippen LogP) is 2.64. The summed E-state index contributed by atoms with van der Waals surface area (Å²) in [5, 5.41) is 3.28. The number of hydrogen-bond donors (Lipinski definition) is 1. The number of hydrogen-bond acceptors (Lipinski definition) is 5. The molecule has 27 heavy (non-hydrogen) atoms. The molecule has 0 bridgehead atoms. The van der Waals surface area contributed by atoms with Crippen molar-refractivity contribution < 1.29 is 14.3 Å². The Hall–Kier alpha value is -2.31. The number of morpholine rings is 1. The van der Waals surface area contributed by atoms with Crippen LogP contribution in [0, 0.1) is 0 Å².